The summed E-state index contributed by atoms with van der Waals surface area (Å²) in [4.78, 5) is 13.9. The lowest BCUT2D eigenvalue weighted by Gasteiger charge is -2.33. The van der Waals surface area contributed by atoms with Crippen LogP contribution in [0.4, 0.5) is 0 Å². The predicted octanol–water partition coefficient (Wildman–Crippen LogP) is 7.19. The van der Waals surface area contributed by atoms with Crippen LogP contribution in [0.5, 0.6) is 11.5 Å². The molecular weight excluding hydrogens is 431 g/mol. The molecule has 0 saturated heterocycles. The molecule has 154 valence electrons. The molecule has 0 atom stereocenters. The van der Waals surface area contributed by atoms with E-state index in [0.29, 0.717) is 32.7 Å². The van der Waals surface area contributed by atoms with Gasteiger partial charge in [0.05, 0.1) is 0 Å². The van der Waals surface area contributed by atoms with Crippen LogP contribution in [0, 0.1) is 0 Å². The topological polar surface area (TPSA) is 35.5 Å². The summed E-state index contributed by atoms with van der Waals surface area (Å²) in [6.07, 6.45) is 0. The lowest BCUT2D eigenvalue weighted by Crippen LogP contribution is -2.47. The lowest BCUT2D eigenvalue weighted by molar-refractivity contribution is -0.0855. The summed E-state index contributed by atoms with van der Waals surface area (Å²) >= 11 is 12.1. The number of hydrogen-bond acceptors (Lipinski definition) is 3. The Morgan fingerprint density at radius 2 is 1.00 bits per heavy atom. The number of rotatable bonds is 7. The zero-order chi connectivity index (χ0) is 21.7. The molecule has 4 aromatic rings. The van der Waals surface area contributed by atoms with Crippen molar-refractivity contribution in [1.29, 1.82) is 0 Å². The van der Waals surface area contributed by atoms with E-state index in [4.69, 9.17) is 32.7 Å². The smallest absolute Gasteiger partial charge is 0.344 e. The normalized spacial score (nSPS) is 11.0. The number of ether oxygens (including phenoxy) is 2. The van der Waals surface area contributed by atoms with Crippen molar-refractivity contribution < 1.29 is 14.3 Å². The number of benzene rings is 4. The monoisotopic (exact) mass is 448 g/mol. The van der Waals surface area contributed by atoms with Gasteiger partial charge in [-0.05, 0) is 48.5 Å². The summed E-state index contributed by atoms with van der Waals surface area (Å²) in [5, 5.41) is 1.12. The van der Waals surface area contributed by atoms with E-state index in [-0.39, 0.29) is 5.78 Å². The fourth-order valence-corrected chi connectivity index (χ4v) is 3.39. The molecule has 4 aromatic carbocycles. The van der Waals surface area contributed by atoms with Crippen molar-refractivity contribution >= 4 is 29.0 Å². The van der Waals surface area contributed by atoms with Crippen LogP contribution in [0.15, 0.2) is 109 Å². The minimum atomic E-state index is -1.77. The largest absolute Gasteiger partial charge is 0.442 e. The fraction of sp³-hybridized carbons (Fsp3) is 0.0385. The van der Waals surface area contributed by atoms with Gasteiger partial charge in [0.25, 0.3) is 5.78 Å². The van der Waals surface area contributed by atoms with Gasteiger partial charge in [0, 0.05) is 21.2 Å². The van der Waals surface area contributed by atoms with Gasteiger partial charge in [0.1, 0.15) is 11.5 Å². The van der Waals surface area contributed by atoms with Crippen LogP contribution in [0.2, 0.25) is 10.0 Å². The zero-order valence-corrected chi connectivity index (χ0v) is 17.9. The van der Waals surface area contributed by atoms with Crippen LogP contribution < -0.4 is 9.47 Å². The summed E-state index contributed by atoms with van der Waals surface area (Å²) in [6.45, 7) is 0. The molecule has 0 aromatic heterocycles. The minimum Gasteiger partial charge on any atom is -0.442 e. The Hall–Kier alpha value is -3.27. The predicted molar refractivity (Wildman–Crippen MR) is 123 cm³/mol. The summed E-state index contributed by atoms with van der Waals surface area (Å²) in [5.74, 6) is -1.24. The third-order valence-electron chi connectivity index (χ3n) is 4.64. The number of Topliss-reactive ketones (excluding diaryl/α,β-unsaturated/α-hetero) is 1. The second-order valence-electron chi connectivity index (χ2n) is 6.79. The lowest BCUT2D eigenvalue weighted by atomic mass is 9.95. The third kappa shape index (κ3) is 4.74. The van der Waals surface area contributed by atoms with E-state index < -0.39 is 5.79 Å². The van der Waals surface area contributed by atoms with Gasteiger partial charge in [-0.3, -0.25) is 4.79 Å². The van der Waals surface area contributed by atoms with Crippen LogP contribution in [-0.2, 0) is 5.79 Å². The molecule has 0 amide bonds. The highest BCUT2D eigenvalue weighted by molar-refractivity contribution is 6.30. The molecule has 5 heteroatoms. The number of carbonyl (C=O) groups is 1. The Morgan fingerprint density at radius 1 is 0.581 bits per heavy atom. The Labute approximate surface area is 190 Å². The summed E-state index contributed by atoms with van der Waals surface area (Å²) in [6, 6.07) is 31.6. The van der Waals surface area contributed by atoms with Crippen molar-refractivity contribution in [3.05, 3.63) is 130 Å². The molecule has 0 radical (unpaired) electrons. The first-order valence-corrected chi connectivity index (χ1v) is 10.4. The second-order valence-corrected chi connectivity index (χ2v) is 7.66. The molecule has 0 saturated carbocycles. The standard InChI is InChI=1S/C26H18Cl2O3/c27-21-11-15-23(16-12-21)30-26(20-9-5-2-6-10-20,25(29)19-7-3-1-4-8-19)31-24-17-13-22(28)14-18-24/h1-18H. The quantitative estimate of drug-likeness (QED) is 0.221. The number of halogens is 2. The average molecular weight is 449 g/mol. The SMILES string of the molecule is O=C(c1ccccc1)C(Oc1ccc(Cl)cc1)(Oc1ccc(Cl)cc1)c1ccccc1. The van der Waals surface area contributed by atoms with E-state index in [0.717, 1.165) is 0 Å². The van der Waals surface area contributed by atoms with E-state index >= 15 is 0 Å². The van der Waals surface area contributed by atoms with E-state index in [1.54, 1.807) is 84.9 Å². The molecule has 0 heterocycles. The molecule has 31 heavy (non-hydrogen) atoms. The third-order valence-corrected chi connectivity index (χ3v) is 5.14. The maximum Gasteiger partial charge on any atom is 0.344 e. The first-order valence-electron chi connectivity index (χ1n) is 9.61. The molecular formula is C26H18Cl2O3. The van der Waals surface area contributed by atoms with Crippen LogP contribution in [-0.4, -0.2) is 5.78 Å². The molecule has 0 fully saturated rings. The van der Waals surface area contributed by atoms with E-state index in [2.05, 4.69) is 0 Å². The van der Waals surface area contributed by atoms with Crippen molar-refractivity contribution in [1.82, 2.24) is 0 Å². The molecule has 4 rings (SSSR count). The van der Waals surface area contributed by atoms with Crippen LogP contribution in [0.1, 0.15) is 15.9 Å². The Morgan fingerprint density at radius 3 is 1.45 bits per heavy atom. The number of carbonyl (C=O) groups excluding carboxylic acids is 1. The summed E-state index contributed by atoms with van der Waals surface area (Å²) in [7, 11) is 0. The molecule has 0 unspecified atom stereocenters. The maximum atomic E-state index is 13.9. The van der Waals surface area contributed by atoms with Crippen molar-refractivity contribution in [3.8, 4) is 11.5 Å². The highest BCUT2D eigenvalue weighted by Crippen LogP contribution is 2.35. The van der Waals surface area contributed by atoms with Gasteiger partial charge in [-0.25, -0.2) is 0 Å². The molecule has 3 nitrogen and oxygen atoms in total. The van der Waals surface area contributed by atoms with E-state index in [1.165, 1.54) is 0 Å². The fourth-order valence-electron chi connectivity index (χ4n) is 3.14. The first-order chi connectivity index (χ1) is 15.1. The van der Waals surface area contributed by atoms with Gasteiger partial charge in [-0.15, -0.1) is 0 Å². The van der Waals surface area contributed by atoms with Crippen molar-refractivity contribution in [2.24, 2.45) is 0 Å². The van der Waals surface area contributed by atoms with E-state index in [9.17, 15) is 4.79 Å². The Balaban J connectivity index is 1.89. The second kappa shape index (κ2) is 9.25. The molecule has 0 aliphatic heterocycles. The average Bonchev–Trinajstić information content (AvgIpc) is 2.82. The minimum absolute atomic E-state index is 0.343. The molecule has 0 aliphatic rings. The van der Waals surface area contributed by atoms with Crippen molar-refractivity contribution in [3.63, 3.8) is 0 Å². The van der Waals surface area contributed by atoms with Crippen molar-refractivity contribution in [2.45, 2.75) is 5.79 Å². The van der Waals surface area contributed by atoms with Gasteiger partial charge < -0.3 is 9.47 Å². The Bertz CT molecular complexity index is 1100. The molecule has 0 bridgehead atoms. The molecule has 0 aliphatic carbocycles. The highest BCUT2D eigenvalue weighted by Gasteiger charge is 2.46. The Kier molecular flexibility index (Phi) is 6.26. The van der Waals surface area contributed by atoms with Crippen LogP contribution in [0.3, 0.4) is 0 Å². The van der Waals surface area contributed by atoms with Crippen molar-refractivity contribution in [2.75, 3.05) is 0 Å². The maximum absolute atomic E-state index is 13.9. The number of ketones is 1. The molecule has 0 N–H and O–H groups in total. The summed E-state index contributed by atoms with van der Waals surface area (Å²) in [5.41, 5.74) is 1.00. The number of hydrogen-bond donors (Lipinski definition) is 0. The van der Waals surface area contributed by atoms with Gasteiger partial charge in [-0.2, -0.15) is 0 Å². The van der Waals surface area contributed by atoms with Gasteiger partial charge in [0.2, 0.25) is 0 Å². The van der Waals surface area contributed by atoms with Crippen LogP contribution >= 0.6 is 23.2 Å². The van der Waals surface area contributed by atoms with E-state index in [1.807, 2.05) is 24.3 Å². The zero-order valence-electron chi connectivity index (χ0n) is 16.4. The van der Waals surface area contributed by atoms with Gasteiger partial charge >= 0.3 is 5.79 Å². The van der Waals surface area contributed by atoms with Gasteiger partial charge in [0.15, 0.2) is 0 Å². The molecule has 0 spiro atoms. The highest BCUT2D eigenvalue weighted by atomic mass is 35.5. The van der Waals surface area contributed by atoms with Crippen LogP contribution in [0.25, 0.3) is 0 Å². The van der Waals surface area contributed by atoms with Gasteiger partial charge in [-0.1, -0.05) is 83.9 Å². The summed E-state index contributed by atoms with van der Waals surface area (Å²) < 4.78 is 12.7. The first kappa shape index (κ1) is 21.0.